The molecular formula is C14H28N4O. The minimum atomic E-state index is -0.618. The topological polar surface area (TPSA) is 61.6 Å². The van der Waals surface area contributed by atoms with Gasteiger partial charge in [0.05, 0.1) is 0 Å². The maximum absolute atomic E-state index is 11.6. The van der Waals surface area contributed by atoms with Crippen LogP contribution in [0.4, 0.5) is 0 Å². The second-order valence-corrected chi connectivity index (χ2v) is 6.42. The summed E-state index contributed by atoms with van der Waals surface area (Å²) in [6.45, 7) is 6.01. The molecular weight excluding hydrogens is 240 g/mol. The number of carbonyl (C=O) groups excluding carboxylic acids is 1. The summed E-state index contributed by atoms with van der Waals surface area (Å²) in [4.78, 5) is 16.5. The van der Waals surface area contributed by atoms with Gasteiger partial charge < -0.3 is 20.9 Å². The zero-order chi connectivity index (χ0) is 14.0. The lowest BCUT2D eigenvalue weighted by atomic mass is 9.83. The predicted molar refractivity (Wildman–Crippen MR) is 76.9 cm³/mol. The van der Waals surface area contributed by atoms with Crippen LogP contribution in [0.1, 0.15) is 26.2 Å². The van der Waals surface area contributed by atoms with E-state index in [2.05, 4.69) is 22.2 Å². The standard InChI is InChI=1S/C14H28N4O/c1-14(16-2,13(15)19)10-18-8-6-12-11(9-18)5-4-7-17(12)3/h11-12,16H,4-10H2,1-3H3,(H2,15,19). The average molecular weight is 268 g/mol. The number of primary amides is 1. The SMILES string of the molecule is CNC(C)(CN1CCC2C(CCCN2C)C1)C(N)=O. The fourth-order valence-corrected chi connectivity index (χ4v) is 3.60. The number of hydrogen-bond acceptors (Lipinski definition) is 4. The van der Waals surface area contributed by atoms with Crippen LogP contribution in [0.5, 0.6) is 0 Å². The predicted octanol–water partition coefficient (Wildman–Crippen LogP) is -0.134. The van der Waals surface area contributed by atoms with E-state index in [-0.39, 0.29) is 5.91 Å². The van der Waals surface area contributed by atoms with Crippen molar-refractivity contribution in [2.45, 2.75) is 37.8 Å². The van der Waals surface area contributed by atoms with E-state index < -0.39 is 5.54 Å². The van der Waals surface area contributed by atoms with E-state index in [0.717, 1.165) is 25.0 Å². The normalized spacial score (nSPS) is 32.6. The zero-order valence-electron chi connectivity index (χ0n) is 12.5. The molecule has 0 saturated carbocycles. The van der Waals surface area contributed by atoms with Gasteiger partial charge in [0.15, 0.2) is 0 Å². The lowest BCUT2D eigenvalue weighted by molar-refractivity contribution is -0.124. The molecule has 1 amide bonds. The third-order valence-corrected chi connectivity index (χ3v) is 5.07. The zero-order valence-corrected chi connectivity index (χ0v) is 12.5. The molecule has 0 aromatic carbocycles. The van der Waals surface area contributed by atoms with Crippen LogP contribution in [0.15, 0.2) is 0 Å². The Balaban J connectivity index is 1.95. The number of likely N-dealkylation sites (N-methyl/N-ethyl adjacent to an activating group) is 1. The van der Waals surface area contributed by atoms with Crippen molar-refractivity contribution in [1.82, 2.24) is 15.1 Å². The van der Waals surface area contributed by atoms with Crippen molar-refractivity contribution in [3.8, 4) is 0 Å². The first kappa shape index (κ1) is 14.8. The summed E-state index contributed by atoms with van der Waals surface area (Å²) >= 11 is 0. The van der Waals surface area contributed by atoms with Gasteiger partial charge >= 0.3 is 0 Å². The maximum atomic E-state index is 11.6. The maximum Gasteiger partial charge on any atom is 0.238 e. The number of amides is 1. The lowest BCUT2D eigenvalue weighted by Gasteiger charge is -2.47. The van der Waals surface area contributed by atoms with Gasteiger partial charge in [-0.2, -0.15) is 0 Å². The molecule has 2 rings (SSSR count). The summed E-state index contributed by atoms with van der Waals surface area (Å²) in [5.74, 6) is 0.486. The van der Waals surface area contributed by atoms with Crippen molar-refractivity contribution in [3.63, 3.8) is 0 Å². The van der Waals surface area contributed by atoms with E-state index >= 15 is 0 Å². The Hall–Kier alpha value is -0.650. The second-order valence-electron chi connectivity index (χ2n) is 6.42. The van der Waals surface area contributed by atoms with Crippen molar-refractivity contribution < 1.29 is 4.79 Å². The van der Waals surface area contributed by atoms with Crippen LogP contribution in [0.25, 0.3) is 0 Å². The van der Waals surface area contributed by atoms with Gasteiger partial charge in [0.2, 0.25) is 5.91 Å². The molecule has 2 saturated heterocycles. The van der Waals surface area contributed by atoms with Crippen LogP contribution in [-0.2, 0) is 4.79 Å². The van der Waals surface area contributed by atoms with E-state index in [4.69, 9.17) is 5.73 Å². The monoisotopic (exact) mass is 268 g/mol. The molecule has 2 heterocycles. The van der Waals surface area contributed by atoms with Crippen molar-refractivity contribution in [1.29, 1.82) is 0 Å². The molecule has 0 bridgehead atoms. The Morgan fingerprint density at radius 3 is 2.79 bits per heavy atom. The van der Waals surface area contributed by atoms with Gasteiger partial charge in [-0.15, -0.1) is 0 Å². The third-order valence-electron chi connectivity index (χ3n) is 5.07. The number of carbonyl (C=O) groups is 1. The molecule has 3 atom stereocenters. The summed E-state index contributed by atoms with van der Waals surface area (Å²) < 4.78 is 0. The first-order valence-electron chi connectivity index (χ1n) is 7.37. The van der Waals surface area contributed by atoms with Gasteiger partial charge in [-0.1, -0.05) is 0 Å². The Kier molecular flexibility index (Phi) is 4.48. The van der Waals surface area contributed by atoms with Crippen molar-refractivity contribution in [2.75, 3.05) is 40.3 Å². The van der Waals surface area contributed by atoms with Crippen LogP contribution in [0, 0.1) is 5.92 Å². The Labute approximate surface area is 116 Å². The number of rotatable bonds is 4. The van der Waals surface area contributed by atoms with Crippen LogP contribution < -0.4 is 11.1 Å². The molecule has 0 aromatic heterocycles. The smallest absolute Gasteiger partial charge is 0.238 e. The van der Waals surface area contributed by atoms with Gasteiger partial charge in [0.1, 0.15) is 5.54 Å². The second kappa shape index (κ2) is 5.77. The first-order chi connectivity index (χ1) is 8.96. The lowest BCUT2D eigenvalue weighted by Crippen LogP contribution is -2.61. The molecule has 0 aromatic rings. The van der Waals surface area contributed by atoms with Gasteiger partial charge in [-0.25, -0.2) is 0 Å². The van der Waals surface area contributed by atoms with Crippen LogP contribution in [0.3, 0.4) is 0 Å². The van der Waals surface area contributed by atoms with E-state index in [1.165, 1.54) is 25.8 Å². The molecule has 0 aliphatic carbocycles. The number of fused-ring (bicyclic) bond motifs is 1. The van der Waals surface area contributed by atoms with Gasteiger partial charge in [0, 0.05) is 19.1 Å². The van der Waals surface area contributed by atoms with Gasteiger partial charge in [0.25, 0.3) is 0 Å². The minimum Gasteiger partial charge on any atom is -0.368 e. The molecule has 2 aliphatic heterocycles. The number of likely N-dealkylation sites (tertiary alicyclic amines) is 2. The largest absolute Gasteiger partial charge is 0.368 e. The Morgan fingerprint density at radius 1 is 1.42 bits per heavy atom. The highest BCUT2D eigenvalue weighted by molar-refractivity contribution is 5.84. The fraction of sp³-hybridized carbons (Fsp3) is 0.929. The van der Waals surface area contributed by atoms with E-state index in [1.54, 1.807) is 0 Å². The van der Waals surface area contributed by atoms with Crippen molar-refractivity contribution in [2.24, 2.45) is 11.7 Å². The molecule has 3 unspecified atom stereocenters. The van der Waals surface area contributed by atoms with E-state index in [0.29, 0.717) is 6.54 Å². The summed E-state index contributed by atoms with van der Waals surface area (Å²) in [5, 5.41) is 3.08. The van der Waals surface area contributed by atoms with Crippen LogP contribution in [0.2, 0.25) is 0 Å². The quantitative estimate of drug-likeness (QED) is 0.745. The molecule has 2 fully saturated rings. The third kappa shape index (κ3) is 3.09. The molecule has 3 N–H and O–H groups in total. The van der Waals surface area contributed by atoms with Crippen LogP contribution in [-0.4, -0.2) is 67.6 Å². The summed E-state index contributed by atoms with van der Waals surface area (Å²) in [7, 11) is 4.06. The first-order valence-corrected chi connectivity index (χ1v) is 7.37. The number of hydrogen-bond donors (Lipinski definition) is 2. The minimum absolute atomic E-state index is 0.266. The molecule has 2 aliphatic rings. The molecule has 5 nitrogen and oxygen atoms in total. The van der Waals surface area contributed by atoms with Crippen LogP contribution >= 0.6 is 0 Å². The van der Waals surface area contributed by atoms with Crippen molar-refractivity contribution in [3.05, 3.63) is 0 Å². The number of piperidine rings is 2. The van der Waals surface area contributed by atoms with Gasteiger partial charge in [-0.05, 0) is 59.3 Å². The summed E-state index contributed by atoms with van der Waals surface area (Å²) in [6, 6.07) is 0.736. The van der Waals surface area contributed by atoms with E-state index in [9.17, 15) is 4.79 Å². The summed E-state index contributed by atoms with van der Waals surface area (Å²) in [6.07, 6.45) is 3.82. The molecule has 0 spiro atoms. The van der Waals surface area contributed by atoms with E-state index in [1.807, 2.05) is 14.0 Å². The molecule has 19 heavy (non-hydrogen) atoms. The number of nitrogens with two attached hydrogens (primary N) is 1. The highest BCUT2D eigenvalue weighted by atomic mass is 16.1. The average Bonchev–Trinajstić information content (AvgIpc) is 2.38. The highest BCUT2D eigenvalue weighted by Gasteiger charge is 2.38. The molecule has 0 radical (unpaired) electrons. The number of nitrogens with zero attached hydrogens (tertiary/aromatic N) is 2. The molecule has 5 heteroatoms. The summed E-state index contributed by atoms with van der Waals surface area (Å²) in [5.41, 5.74) is 4.90. The Bertz CT molecular complexity index is 335. The number of nitrogens with one attached hydrogen (secondary N) is 1. The Morgan fingerprint density at radius 2 is 2.16 bits per heavy atom. The van der Waals surface area contributed by atoms with Crippen molar-refractivity contribution >= 4 is 5.91 Å². The fourth-order valence-electron chi connectivity index (χ4n) is 3.60. The highest BCUT2D eigenvalue weighted by Crippen LogP contribution is 2.30. The van der Waals surface area contributed by atoms with Gasteiger partial charge in [-0.3, -0.25) is 4.79 Å². The molecule has 110 valence electrons.